The second kappa shape index (κ2) is 6.23. The Bertz CT molecular complexity index is 220. The Morgan fingerprint density at radius 3 is 2.38 bits per heavy atom. The van der Waals surface area contributed by atoms with Gasteiger partial charge in [0.05, 0.1) is 13.0 Å². The maximum Gasteiger partial charge on any atom is 0.391 e. The number of ether oxygens (including phenoxy) is 1. The number of rotatable bonds is 5. The van der Waals surface area contributed by atoms with Crippen molar-refractivity contribution in [3.05, 3.63) is 0 Å². The average molecular weight is 238 g/mol. The van der Waals surface area contributed by atoms with Gasteiger partial charge in [-0.1, -0.05) is 19.3 Å². The van der Waals surface area contributed by atoms with Gasteiger partial charge in [0.25, 0.3) is 0 Å². The van der Waals surface area contributed by atoms with Gasteiger partial charge in [-0.25, -0.2) is 0 Å². The van der Waals surface area contributed by atoms with Crippen molar-refractivity contribution in [3.8, 4) is 0 Å². The molecule has 0 aromatic heterocycles. The van der Waals surface area contributed by atoms with Crippen molar-refractivity contribution in [3.63, 3.8) is 0 Å². The van der Waals surface area contributed by atoms with Crippen molar-refractivity contribution >= 4 is 5.78 Å². The lowest BCUT2D eigenvalue weighted by atomic mass is 9.86. The summed E-state index contributed by atoms with van der Waals surface area (Å²) in [6, 6.07) is 0. The van der Waals surface area contributed by atoms with E-state index in [1.807, 2.05) is 0 Å². The van der Waals surface area contributed by atoms with Gasteiger partial charge in [0.2, 0.25) is 0 Å². The minimum absolute atomic E-state index is 0.0136. The highest BCUT2D eigenvalue weighted by Gasteiger charge is 2.27. The van der Waals surface area contributed by atoms with Crippen LogP contribution in [0.15, 0.2) is 0 Å². The molecule has 5 heteroatoms. The number of hydrogen-bond donors (Lipinski definition) is 0. The largest absolute Gasteiger partial charge is 0.391 e. The van der Waals surface area contributed by atoms with E-state index in [1.165, 1.54) is 0 Å². The standard InChI is InChI=1S/C11H17F3O2/c12-11(13,14)6-7-16-8-10(15)9-4-2-1-3-5-9/h9H,1-8H2. The second-order valence-electron chi connectivity index (χ2n) is 4.22. The summed E-state index contributed by atoms with van der Waals surface area (Å²) < 4.78 is 40.1. The molecule has 0 unspecified atom stereocenters. The molecule has 16 heavy (non-hydrogen) atoms. The lowest BCUT2D eigenvalue weighted by Crippen LogP contribution is -2.23. The summed E-state index contributed by atoms with van der Waals surface area (Å²) in [5.41, 5.74) is 0. The molecule has 1 saturated carbocycles. The van der Waals surface area contributed by atoms with Crippen LogP contribution in [0, 0.1) is 5.92 Å². The molecule has 94 valence electrons. The van der Waals surface area contributed by atoms with E-state index in [9.17, 15) is 18.0 Å². The van der Waals surface area contributed by atoms with Gasteiger partial charge in [-0.2, -0.15) is 13.2 Å². The fourth-order valence-electron chi connectivity index (χ4n) is 1.90. The van der Waals surface area contributed by atoms with Crippen LogP contribution in [0.1, 0.15) is 38.5 Å². The zero-order chi connectivity index (χ0) is 12.0. The zero-order valence-electron chi connectivity index (χ0n) is 9.18. The van der Waals surface area contributed by atoms with Gasteiger partial charge >= 0.3 is 6.18 Å². The Morgan fingerprint density at radius 1 is 1.19 bits per heavy atom. The van der Waals surface area contributed by atoms with Gasteiger partial charge in [-0.15, -0.1) is 0 Å². The first-order valence-corrected chi connectivity index (χ1v) is 5.66. The molecule has 0 aromatic rings. The highest BCUT2D eigenvalue weighted by Crippen LogP contribution is 2.24. The quantitative estimate of drug-likeness (QED) is 0.688. The maximum atomic E-state index is 11.8. The highest BCUT2D eigenvalue weighted by atomic mass is 19.4. The SMILES string of the molecule is O=C(COCCC(F)(F)F)C1CCCCC1. The third kappa shape index (κ3) is 5.49. The van der Waals surface area contributed by atoms with E-state index in [1.54, 1.807) is 0 Å². The van der Waals surface area contributed by atoms with E-state index in [4.69, 9.17) is 4.74 Å². The number of Topliss-reactive ketones (excluding diaryl/α,β-unsaturated/α-hetero) is 1. The first-order valence-electron chi connectivity index (χ1n) is 5.66. The fraction of sp³-hybridized carbons (Fsp3) is 0.909. The summed E-state index contributed by atoms with van der Waals surface area (Å²) in [5.74, 6) is -0.0264. The Morgan fingerprint density at radius 2 is 1.81 bits per heavy atom. The lowest BCUT2D eigenvalue weighted by Gasteiger charge is -2.20. The van der Waals surface area contributed by atoms with Gasteiger partial charge in [0, 0.05) is 5.92 Å². The topological polar surface area (TPSA) is 26.3 Å². The Kier molecular flexibility index (Phi) is 5.25. The van der Waals surface area contributed by atoms with Crippen molar-refractivity contribution in [1.29, 1.82) is 0 Å². The van der Waals surface area contributed by atoms with Gasteiger partial charge in [-0.05, 0) is 12.8 Å². The van der Waals surface area contributed by atoms with Crippen LogP contribution in [0.2, 0.25) is 0 Å². The van der Waals surface area contributed by atoms with Crippen LogP contribution in [0.5, 0.6) is 0 Å². The fourth-order valence-corrected chi connectivity index (χ4v) is 1.90. The van der Waals surface area contributed by atoms with Crippen LogP contribution in [-0.2, 0) is 9.53 Å². The van der Waals surface area contributed by atoms with E-state index >= 15 is 0 Å². The molecule has 0 bridgehead atoms. The molecule has 0 aliphatic heterocycles. The van der Waals surface area contributed by atoms with Crippen molar-refractivity contribution in [2.45, 2.75) is 44.7 Å². The smallest absolute Gasteiger partial charge is 0.373 e. The van der Waals surface area contributed by atoms with Crippen LogP contribution < -0.4 is 0 Å². The van der Waals surface area contributed by atoms with Crippen molar-refractivity contribution in [2.75, 3.05) is 13.2 Å². The predicted molar refractivity (Wildman–Crippen MR) is 53.1 cm³/mol. The second-order valence-corrected chi connectivity index (χ2v) is 4.22. The first kappa shape index (κ1) is 13.5. The molecule has 1 aliphatic rings. The number of carbonyl (C=O) groups is 1. The summed E-state index contributed by atoms with van der Waals surface area (Å²) in [4.78, 5) is 11.5. The summed E-state index contributed by atoms with van der Waals surface area (Å²) in [5, 5.41) is 0. The molecule has 1 fully saturated rings. The highest BCUT2D eigenvalue weighted by molar-refractivity contribution is 5.82. The third-order valence-corrected chi connectivity index (χ3v) is 2.83. The Balaban J connectivity index is 2.10. The molecule has 0 N–H and O–H groups in total. The summed E-state index contributed by atoms with van der Waals surface area (Å²) in [7, 11) is 0. The zero-order valence-corrected chi connectivity index (χ0v) is 9.18. The van der Waals surface area contributed by atoms with Gasteiger partial charge in [0.15, 0.2) is 5.78 Å². The molecular formula is C11H17F3O2. The number of hydrogen-bond acceptors (Lipinski definition) is 2. The van der Waals surface area contributed by atoms with E-state index in [0.29, 0.717) is 0 Å². The summed E-state index contributed by atoms with van der Waals surface area (Å²) >= 11 is 0. The minimum atomic E-state index is -4.20. The van der Waals surface area contributed by atoms with Crippen LogP contribution in [0.4, 0.5) is 13.2 Å². The number of alkyl halides is 3. The van der Waals surface area contributed by atoms with Crippen LogP contribution >= 0.6 is 0 Å². The minimum Gasteiger partial charge on any atom is -0.373 e. The van der Waals surface area contributed by atoms with Crippen LogP contribution in [-0.4, -0.2) is 25.2 Å². The van der Waals surface area contributed by atoms with Crippen molar-refractivity contribution in [2.24, 2.45) is 5.92 Å². The monoisotopic (exact) mass is 238 g/mol. The van der Waals surface area contributed by atoms with E-state index in [-0.39, 0.29) is 18.3 Å². The number of halogens is 3. The maximum absolute atomic E-state index is 11.8. The number of carbonyl (C=O) groups excluding carboxylic acids is 1. The molecule has 0 atom stereocenters. The molecule has 1 rings (SSSR count). The molecule has 0 heterocycles. The van der Waals surface area contributed by atoms with Crippen LogP contribution in [0.25, 0.3) is 0 Å². The third-order valence-electron chi connectivity index (χ3n) is 2.83. The molecule has 2 nitrogen and oxygen atoms in total. The first-order chi connectivity index (χ1) is 7.49. The van der Waals surface area contributed by atoms with Gasteiger partial charge < -0.3 is 4.74 Å². The Labute approximate surface area is 93.2 Å². The van der Waals surface area contributed by atoms with E-state index < -0.39 is 19.2 Å². The van der Waals surface area contributed by atoms with Gasteiger partial charge in [-0.3, -0.25) is 4.79 Å². The lowest BCUT2D eigenvalue weighted by molar-refractivity contribution is -0.149. The average Bonchev–Trinajstić information content (AvgIpc) is 2.24. The van der Waals surface area contributed by atoms with Crippen molar-refractivity contribution in [1.82, 2.24) is 0 Å². The molecule has 0 spiro atoms. The predicted octanol–water partition coefficient (Wildman–Crippen LogP) is 3.10. The molecule has 0 aromatic carbocycles. The van der Waals surface area contributed by atoms with Gasteiger partial charge in [0.1, 0.15) is 6.61 Å². The Hall–Kier alpha value is -0.580. The molecule has 1 aliphatic carbocycles. The molecule has 0 amide bonds. The van der Waals surface area contributed by atoms with Crippen LogP contribution in [0.3, 0.4) is 0 Å². The number of ketones is 1. The van der Waals surface area contributed by atoms with E-state index in [0.717, 1.165) is 32.1 Å². The molecule has 0 radical (unpaired) electrons. The molecular weight excluding hydrogens is 221 g/mol. The normalized spacial score (nSPS) is 18.7. The van der Waals surface area contributed by atoms with E-state index in [2.05, 4.69) is 0 Å². The summed E-state index contributed by atoms with van der Waals surface area (Å²) in [6.07, 6.45) is -0.224. The summed E-state index contributed by atoms with van der Waals surface area (Å²) in [6.45, 7) is -0.581. The molecule has 0 saturated heterocycles. The van der Waals surface area contributed by atoms with Crippen molar-refractivity contribution < 1.29 is 22.7 Å².